The number of rotatable bonds is 2. The maximum atomic E-state index is 11.2. The third-order valence-electron chi connectivity index (χ3n) is 1.81. The Morgan fingerprint density at radius 2 is 2.25 bits per heavy atom. The highest BCUT2D eigenvalue weighted by molar-refractivity contribution is 7.80. The van der Waals surface area contributed by atoms with Crippen LogP contribution in [-0.2, 0) is 4.74 Å². The second-order valence-electron chi connectivity index (χ2n) is 2.75. The summed E-state index contributed by atoms with van der Waals surface area (Å²) in [4.78, 5) is 21.0. The molecule has 6 nitrogen and oxygen atoms in total. The van der Waals surface area contributed by atoms with Crippen molar-refractivity contribution in [2.24, 2.45) is 0 Å². The van der Waals surface area contributed by atoms with E-state index in [2.05, 4.69) is 17.4 Å². The predicted molar refractivity (Wildman–Crippen MR) is 56.4 cm³/mol. The van der Waals surface area contributed by atoms with Gasteiger partial charge in [-0.2, -0.15) is 5.26 Å². The van der Waals surface area contributed by atoms with Crippen LogP contribution in [0.15, 0.2) is 17.0 Å². The Kier molecular flexibility index (Phi) is 3.48. The number of nitro groups is 1. The molecule has 0 atom stereocenters. The van der Waals surface area contributed by atoms with Gasteiger partial charge in [0.1, 0.15) is 11.6 Å². The van der Waals surface area contributed by atoms with E-state index in [9.17, 15) is 14.9 Å². The lowest BCUT2D eigenvalue weighted by Crippen LogP contribution is -2.04. The lowest BCUT2D eigenvalue weighted by Gasteiger charge is -2.02. The number of thiol groups is 1. The summed E-state index contributed by atoms with van der Waals surface area (Å²) in [6.45, 7) is 0. The minimum absolute atomic E-state index is 0.0506. The smallest absolute Gasteiger partial charge is 0.337 e. The Balaban J connectivity index is 3.45. The molecule has 0 fully saturated rings. The van der Waals surface area contributed by atoms with Gasteiger partial charge in [0.05, 0.1) is 22.5 Å². The Hall–Kier alpha value is -2.07. The molecule has 0 amide bonds. The van der Waals surface area contributed by atoms with Crippen LogP contribution in [0.3, 0.4) is 0 Å². The van der Waals surface area contributed by atoms with E-state index in [1.165, 1.54) is 13.2 Å². The molecule has 0 aliphatic carbocycles. The average Bonchev–Trinajstić information content (AvgIpc) is 2.26. The van der Waals surface area contributed by atoms with E-state index in [4.69, 9.17) is 5.26 Å². The SMILES string of the molecule is COC(=O)c1cc(S)c([N+](=O)[O-])c(C#N)c1. The fraction of sp³-hybridized carbons (Fsp3) is 0.111. The van der Waals surface area contributed by atoms with E-state index in [1.807, 2.05) is 0 Å². The number of carbonyl (C=O) groups is 1. The highest BCUT2D eigenvalue weighted by Gasteiger charge is 2.21. The highest BCUT2D eigenvalue weighted by Crippen LogP contribution is 2.28. The van der Waals surface area contributed by atoms with Crippen molar-refractivity contribution in [1.82, 2.24) is 0 Å². The average molecular weight is 238 g/mol. The quantitative estimate of drug-likeness (QED) is 0.365. The summed E-state index contributed by atoms with van der Waals surface area (Å²) in [6, 6.07) is 3.93. The molecule has 0 N–H and O–H groups in total. The van der Waals surface area contributed by atoms with Gasteiger partial charge in [-0.1, -0.05) is 0 Å². The van der Waals surface area contributed by atoms with Crippen LogP contribution in [-0.4, -0.2) is 18.0 Å². The Morgan fingerprint density at radius 1 is 1.62 bits per heavy atom. The summed E-state index contributed by atoms with van der Waals surface area (Å²) in [6.07, 6.45) is 0. The molecule has 0 heterocycles. The first-order valence-electron chi connectivity index (χ1n) is 4.01. The second-order valence-corrected chi connectivity index (χ2v) is 3.23. The lowest BCUT2D eigenvalue weighted by molar-refractivity contribution is -0.388. The molecular formula is C9H6N2O4S. The van der Waals surface area contributed by atoms with Crippen molar-refractivity contribution in [3.63, 3.8) is 0 Å². The first kappa shape index (κ1) is 12.0. The van der Waals surface area contributed by atoms with Gasteiger partial charge in [-0.25, -0.2) is 4.79 Å². The molecule has 0 unspecified atom stereocenters. The second kappa shape index (κ2) is 4.63. The molecule has 0 aliphatic heterocycles. The highest BCUT2D eigenvalue weighted by atomic mass is 32.1. The zero-order valence-corrected chi connectivity index (χ0v) is 9.02. The van der Waals surface area contributed by atoms with Crippen molar-refractivity contribution in [3.05, 3.63) is 33.4 Å². The van der Waals surface area contributed by atoms with Crippen LogP contribution in [0.4, 0.5) is 5.69 Å². The minimum atomic E-state index is -0.720. The molecule has 0 saturated carbocycles. The largest absolute Gasteiger partial charge is 0.465 e. The number of benzene rings is 1. The lowest BCUT2D eigenvalue weighted by atomic mass is 10.1. The van der Waals surface area contributed by atoms with Crippen LogP contribution in [0, 0.1) is 21.4 Å². The van der Waals surface area contributed by atoms with Gasteiger partial charge in [0.2, 0.25) is 0 Å². The van der Waals surface area contributed by atoms with Gasteiger partial charge in [-0.15, -0.1) is 12.6 Å². The first-order chi connectivity index (χ1) is 7.51. The molecule has 0 aromatic heterocycles. The molecule has 0 bridgehead atoms. The van der Waals surface area contributed by atoms with Crippen LogP contribution in [0.5, 0.6) is 0 Å². The first-order valence-corrected chi connectivity index (χ1v) is 4.45. The number of esters is 1. The van der Waals surface area contributed by atoms with Crippen molar-refractivity contribution in [1.29, 1.82) is 5.26 Å². The number of carbonyl (C=O) groups excluding carboxylic acids is 1. The summed E-state index contributed by atoms with van der Waals surface area (Å²) in [5.41, 5.74) is -0.592. The van der Waals surface area contributed by atoms with Crippen molar-refractivity contribution in [2.75, 3.05) is 7.11 Å². The van der Waals surface area contributed by atoms with Crippen LogP contribution in [0.1, 0.15) is 15.9 Å². The van der Waals surface area contributed by atoms with E-state index in [0.717, 1.165) is 6.07 Å². The number of ether oxygens (including phenoxy) is 1. The molecule has 82 valence electrons. The molecule has 16 heavy (non-hydrogen) atoms. The number of hydrogen-bond acceptors (Lipinski definition) is 6. The van der Waals surface area contributed by atoms with E-state index in [-0.39, 0.29) is 16.0 Å². The van der Waals surface area contributed by atoms with Crippen LogP contribution < -0.4 is 0 Å². The monoisotopic (exact) mass is 238 g/mol. The number of nitrogens with zero attached hydrogens (tertiary/aromatic N) is 2. The number of methoxy groups -OCH3 is 1. The minimum Gasteiger partial charge on any atom is -0.465 e. The van der Waals surface area contributed by atoms with Crippen molar-refractivity contribution >= 4 is 24.3 Å². The molecule has 1 aromatic carbocycles. The standard InChI is InChI=1S/C9H6N2O4S/c1-15-9(12)5-2-6(4-10)8(11(13)14)7(16)3-5/h2-3,16H,1H3. The zero-order valence-electron chi connectivity index (χ0n) is 8.13. The maximum absolute atomic E-state index is 11.2. The van der Waals surface area contributed by atoms with Crippen LogP contribution in [0.25, 0.3) is 0 Å². The summed E-state index contributed by atoms with van der Waals surface area (Å²) in [7, 11) is 1.17. The van der Waals surface area contributed by atoms with Gasteiger partial charge in [0.25, 0.3) is 5.69 Å². The van der Waals surface area contributed by atoms with Gasteiger partial charge in [-0.05, 0) is 12.1 Å². The molecule has 0 saturated heterocycles. The summed E-state index contributed by atoms with van der Waals surface area (Å²) in [5.74, 6) is -0.679. The van der Waals surface area contributed by atoms with Gasteiger partial charge in [0.15, 0.2) is 0 Å². The normalized spacial score (nSPS) is 9.31. The summed E-state index contributed by atoms with van der Waals surface area (Å²) < 4.78 is 4.44. The molecular weight excluding hydrogens is 232 g/mol. The Labute approximate surface area is 96.0 Å². The fourth-order valence-electron chi connectivity index (χ4n) is 1.13. The molecule has 0 aliphatic rings. The van der Waals surface area contributed by atoms with E-state index >= 15 is 0 Å². The summed E-state index contributed by atoms with van der Waals surface area (Å²) >= 11 is 3.86. The van der Waals surface area contributed by atoms with Crippen LogP contribution >= 0.6 is 12.6 Å². The van der Waals surface area contributed by atoms with E-state index in [1.54, 1.807) is 6.07 Å². The Bertz CT molecular complexity index is 507. The molecule has 1 aromatic rings. The van der Waals surface area contributed by atoms with Crippen LogP contribution in [0.2, 0.25) is 0 Å². The third kappa shape index (κ3) is 2.12. The van der Waals surface area contributed by atoms with E-state index < -0.39 is 16.6 Å². The summed E-state index contributed by atoms with van der Waals surface area (Å²) in [5, 5.41) is 19.4. The maximum Gasteiger partial charge on any atom is 0.337 e. The van der Waals surface area contributed by atoms with Gasteiger partial charge in [0, 0.05) is 0 Å². The topological polar surface area (TPSA) is 93.2 Å². The number of nitro benzene ring substituents is 1. The number of hydrogen-bond donors (Lipinski definition) is 1. The third-order valence-corrected chi connectivity index (χ3v) is 2.15. The van der Waals surface area contributed by atoms with Crippen molar-refractivity contribution in [2.45, 2.75) is 4.90 Å². The number of nitriles is 1. The molecule has 7 heteroatoms. The van der Waals surface area contributed by atoms with Crippen molar-refractivity contribution in [3.8, 4) is 6.07 Å². The fourth-order valence-corrected chi connectivity index (χ4v) is 1.47. The zero-order chi connectivity index (χ0) is 12.3. The Morgan fingerprint density at radius 3 is 2.69 bits per heavy atom. The van der Waals surface area contributed by atoms with Crippen molar-refractivity contribution < 1.29 is 14.5 Å². The van der Waals surface area contributed by atoms with Gasteiger partial charge >= 0.3 is 5.97 Å². The molecule has 1 rings (SSSR count). The van der Waals surface area contributed by atoms with Gasteiger partial charge < -0.3 is 4.74 Å². The van der Waals surface area contributed by atoms with Gasteiger partial charge in [-0.3, -0.25) is 10.1 Å². The predicted octanol–water partition coefficient (Wildman–Crippen LogP) is 1.54. The van der Waals surface area contributed by atoms with E-state index in [0.29, 0.717) is 0 Å². The molecule has 0 spiro atoms. The molecule has 0 radical (unpaired) electrons.